The number of rotatable bonds is 3. The number of halogens is 1. The van der Waals surface area contributed by atoms with Crippen LogP contribution in [0.3, 0.4) is 0 Å². The number of carbonyl (C=O) groups excluding carboxylic acids is 2. The van der Waals surface area contributed by atoms with E-state index in [0.717, 1.165) is 0 Å². The van der Waals surface area contributed by atoms with Crippen LogP contribution < -0.4 is 15.4 Å². The van der Waals surface area contributed by atoms with Gasteiger partial charge in [-0.25, -0.2) is 4.79 Å². The van der Waals surface area contributed by atoms with Crippen molar-refractivity contribution in [3.05, 3.63) is 59.1 Å². The van der Waals surface area contributed by atoms with E-state index in [2.05, 4.69) is 10.6 Å². The van der Waals surface area contributed by atoms with Gasteiger partial charge in [0.05, 0.1) is 7.11 Å². The van der Waals surface area contributed by atoms with E-state index < -0.39 is 11.9 Å². The Hall–Kier alpha value is -2.53. The molecule has 5 nitrogen and oxygen atoms in total. The Bertz CT molecular complexity index is 656. The van der Waals surface area contributed by atoms with Crippen molar-refractivity contribution in [2.45, 2.75) is 0 Å². The van der Waals surface area contributed by atoms with Gasteiger partial charge in [-0.2, -0.15) is 0 Å². The van der Waals surface area contributed by atoms with E-state index in [0.29, 0.717) is 22.0 Å². The van der Waals surface area contributed by atoms with Crippen molar-refractivity contribution in [1.29, 1.82) is 0 Å². The first-order valence-electron chi connectivity index (χ1n) is 6.10. The lowest BCUT2D eigenvalue weighted by atomic mass is 10.2. The summed E-state index contributed by atoms with van der Waals surface area (Å²) in [5.41, 5.74) is 0.871. The Balaban J connectivity index is 1.97. The van der Waals surface area contributed by atoms with Crippen molar-refractivity contribution in [3.8, 4) is 5.75 Å². The van der Waals surface area contributed by atoms with E-state index in [1.807, 2.05) is 0 Å². The van der Waals surface area contributed by atoms with Crippen LogP contribution in [0.2, 0.25) is 5.02 Å². The van der Waals surface area contributed by atoms with Crippen molar-refractivity contribution in [3.63, 3.8) is 0 Å². The van der Waals surface area contributed by atoms with Gasteiger partial charge in [0.25, 0.3) is 5.91 Å². The average Bonchev–Trinajstić information content (AvgIpc) is 2.47. The highest BCUT2D eigenvalue weighted by Crippen LogP contribution is 2.16. The van der Waals surface area contributed by atoms with E-state index in [9.17, 15) is 9.59 Å². The average molecular weight is 305 g/mol. The van der Waals surface area contributed by atoms with Gasteiger partial charge >= 0.3 is 6.03 Å². The summed E-state index contributed by atoms with van der Waals surface area (Å²) >= 11 is 5.74. The van der Waals surface area contributed by atoms with Crippen LogP contribution >= 0.6 is 11.6 Å². The molecule has 2 aromatic carbocycles. The summed E-state index contributed by atoms with van der Waals surface area (Å²) in [5.74, 6) is 0.101. The summed E-state index contributed by atoms with van der Waals surface area (Å²) < 4.78 is 5.05. The summed E-state index contributed by atoms with van der Waals surface area (Å²) in [5, 5.41) is 5.30. The van der Waals surface area contributed by atoms with Crippen LogP contribution in [0.1, 0.15) is 10.4 Å². The number of carbonyl (C=O) groups is 2. The maximum Gasteiger partial charge on any atom is 0.326 e. The normalized spacial score (nSPS) is 9.81. The van der Waals surface area contributed by atoms with Gasteiger partial charge in [0.1, 0.15) is 5.75 Å². The highest BCUT2D eigenvalue weighted by molar-refractivity contribution is 6.30. The van der Waals surface area contributed by atoms with Gasteiger partial charge in [-0.1, -0.05) is 17.7 Å². The molecule has 0 atom stereocenters. The van der Waals surface area contributed by atoms with Crippen LogP contribution in [0.4, 0.5) is 10.5 Å². The van der Waals surface area contributed by atoms with E-state index in [-0.39, 0.29) is 0 Å². The van der Waals surface area contributed by atoms with Crippen LogP contribution in [0, 0.1) is 0 Å². The number of amides is 3. The molecule has 21 heavy (non-hydrogen) atoms. The molecule has 0 radical (unpaired) electrons. The Morgan fingerprint density at radius 2 is 1.81 bits per heavy atom. The number of nitrogens with one attached hydrogen (secondary N) is 2. The Kier molecular flexibility index (Phi) is 4.79. The van der Waals surface area contributed by atoms with Crippen LogP contribution in [0.15, 0.2) is 48.5 Å². The molecule has 0 bridgehead atoms. The van der Waals surface area contributed by atoms with E-state index in [1.165, 1.54) is 19.2 Å². The second kappa shape index (κ2) is 6.76. The Morgan fingerprint density at radius 3 is 2.48 bits per heavy atom. The highest BCUT2D eigenvalue weighted by atomic mass is 35.5. The van der Waals surface area contributed by atoms with E-state index >= 15 is 0 Å². The van der Waals surface area contributed by atoms with Gasteiger partial charge in [0.2, 0.25) is 0 Å². The van der Waals surface area contributed by atoms with E-state index in [4.69, 9.17) is 16.3 Å². The maximum absolute atomic E-state index is 11.8. The number of methoxy groups -OCH3 is 1. The quantitative estimate of drug-likeness (QED) is 0.914. The van der Waals surface area contributed by atoms with Crippen LogP contribution in [0.25, 0.3) is 0 Å². The first-order valence-corrected chi connectivity index (χ1v) is 6.48. The van der Waals surface area contributed by atoms with Gasteiger partial charge in [-0.3, -0.25) is 10.1 Å². The molecule has 3 amide bonds. The Morgan fingerprint density at radius 1 is 1.10 bits per heavy atom. The molecule has 0 aliphatic heterocycles. The second-order valence-corrected chi connectivity index (χ2v) is 4.58. The molecule has 0 unspecified atom stereocenters. The predicted octanol–water partition coefficient (Wildman–Crippen LogP) is 3.31. The summed E-state index contributed by atoms with van der Waals surface area (Å²) in [6.07, 6.45) is 0. The third-order valence-electron chi connectivity index (χ3n) is 2.66. The molecule has 2 aromatic rings. The van der Waals surface area contributed by atoms with Gasteiger partial charge in [0, 0.05) is 22.3 Å². The molecular weight excluding hydrogens is 292 g/mol. The molecule has 0 fully saturated rings. The van der Waals surface area contributed by atoms with Crippen LogP contribution in [-0.2, 0) is 0 Å². The standard InChI is InChI=1S/C15H13ClN2O3/c1-21-13-4-2-3-12(9-13)17-15(20)18-14(19)10-5-7-11(16)8-6-10/h2-9H,1H3,(H2,17,18,19,20). The lowest BCUT2D eigenvalue weighted by molar-refractivity contribution is 0.0967. The minimum absolute atomic E-state index is 0.347. The zero-order valence-corrected chi connectivity index (χ0v) is 12.0. The largest absolute Gasteiger partial charge is 0.497 e. The minimum atomic E-state index is -0.622. The molecule has 0 saturated heterocycles. The fourth-order valence-corrected chi connectivity index (χ4v) is 1.77. The van der Waals surface area contributed by atoms with Gasteiger partial charge < -0.3 is 10.1 Å². The first kappa shape index (κ1) is 14.9. The molecule has 0 aliphatic rings. The minimum Gasteiger partial charge on any atom is -0.497 e. The van der Waals surface area contributed by atoms with Gasteiger partial charge in [0.15, 0.2) is 0 Å². The maximum atomic E-state index is 11.8. The number of anilines is 1. The smallest absolute Gasteiger partial charge is 0.326 e. The van der Waals surface area contributed by atoms with Crippen molar-refractivity contribution >= 4 is 29.2 Å². The number of hydrogen-bond donors (Lipinski definition) is 2. The summed E-state index contributed by atoms with van der Waals surface area (Å²) in [6, 6.07) is 12.4. The van der Waals surface area contributed by atoms with Gasteiger partial charge in [-0.15, -0.1) is 0 Å². The molecular formula is C15H13ClN2O3. The lowest BCUT2D eigenvalue weighted by Crippen LogP contribution is -2.34. The SMILES string of the molecule is COc1cccc(NC(=O)NC(=O)c2ccc(Cl)cc2)c1. The first-order chi connectivity index (χ1) is 10.1. The third-order valence-corrected chi connectivity index (χ3v) is 2.91. The monoisotopic (exact) mass is 304 g/mol. The molecule has 6 heteroatoms. The molecule has 0 aromatic heterocycles. The topological polar surface area (TPSA) is 67.4 Å². The van der Waals surface area contributed by atoms with E-state index in [1.54, 1.807) is 36.4 Å². The molecule has 0 aliphatic carbocycles. The van der Waals surface area contributed by atoms with Crippen molar-refractivity contribution in [1.82, 2.24) is 5.32 Å². The second-order valence-electron chi connectivity index (χ2n) is 4.15. The van der Waals surface area contributed by atoms with Crippen molar-refractivity contribution in [2.75, 3.05) is 12.4 Å². The fourth-order valence-electron chi connectivity index (χ4n) is 1.64. The number of imide groups is 1. The zero-order chi connectivity index (χ0) is 15.2. The lowest BCUT2D eigenvalue weighted by Gasteiger charge is -2.08. The van der Waals surface area contributed by atoms with Crippen LogP contribution in [0.5, 0.6) is 5.75 Å². The molecule has 2 rings (SSSR count). The Labute approximate surface area is 126 Å². The molecule has 0 saturated carbocycles. The molecule has 0 spiro atoms. The van der Waals surface area contributed by atoms with Crippen molar-refractivity contribution < 1.29 is 14.3 Å². The number of hydrogen-bond acceptors (Lipinski definition) is 3. The third kappa shape index (κ3) is 4.22. The van der Waals surface area contributed by atoms with Crippen molar-refractivity contribution in [2.24, 2.45) is 0 Å². The number of ether oxygens (including phenoxy) is 1. The molecule has 108 valence electrons. The van der Waals surface area contributed by atoms with Gasteiger partial charge in [-0.05, 0) is 36.4 Å². The number of urea groups is 1. The number of benzene rings is 2. The predicted molar refractivity (Wildman–Crippen MR) is 80.9 cm³/mol. The molecule has 2 N–H and O–H groups in total. The summed E-state index contributed by atoms with van der Waals surface area (Å²) in [6.45, 7) is 0. The highest BCUT2D eigenvalue weighted by Gasteiger charge is 2.10. The molecule has 0 heterocycles. The fraction of sp³-hybridized carbons (Fsp3) is 0.0667. The summed E-state index contributed by atoms with van der Waals surface area (Å²) in [4.78, 5) is 23.6. The van der Waals surface area contributed by atoms with Crippen LogP contribution in [-0.4, -0.2) is 19.0 Å². The summed E-state index contributed by atoms with van der Waals surface area (Å²) in [7, 11) is 1.53. The zero-order valence-electron chi connectivity index (χ0n) is 11.2.